The van der Waals surface area contributed by atoms with Gasteiger partial charge in [0, 0.05) is 13.1 Å². The van der Waals surface area contributed by atoms with Crippen molar-refractivity contribution >= 4 is 29.1 Å². The van der Waals surface area contributed by atoms with Crippen LogP contribution in [0.5, 0.6) is 0 Å². The highest BCUT2D eigenvalue weighted by molar-refractivity contribution is 6.34. The molecule has 17 heavy (non-hydrogen) atoms. The number of aromatic nitrogens is 1. The largest absolute Gasteiger partial charge is 0.337 e. The average Bonchev–Trinajstić information content (AvgIpc) is 2.84. The molecule has 0 aromatic carbocycles. The average molecular weight is 273 g/mol. The molecular formula is C12H14Cl2N2O. The van der Waals surface area contributed by atoms with Crippen LogP contribution < -0.4 is 0 Å². The topological polar surface area (TPSA) is 33.2 Å². The molecule has 1 saturated carbocycles. The Balaban J connectivity index is 2.20. The zero-order valence-corrected chi connectivity index (χ0v) is 11.1. The summed E-state index contributed by atoms with van der Waals surface area (Å²) in [5.74, 6) is -0.149. The third kappa shape index (κ3) is 2.72. The summed E-state index contributed by atoms with van der Waals surface area (Å²) in [6, 6.07) is 3.49. The lowest BCUT2D eigenvalue weighted by molar-refractivity contribution is 0.0729. The number of halogens is 2. The van der Waals surface area contributed by atoms with Crippen LogP contribution in [0.25, 0.3) is 0 Å². The second-order valence-electron chi connectivity index (χ2n) is 4.32. The van der Waals surface area contributed by atoms with Gasteiger partial charge in [0.2, 0.25) is 0 Å². The van der Waals surface area contributed by atoms with E-state index in [9.17, 15) is 4.79 Å². The van der Waals surface area contributed by atoms with Crippen molar-refractivity contribution < 1.29 is 4.79 Å². The fourth-order valence-corrected chi connectivity index (χ4v) is 2.53. The number of carbonyl (C=O) groups is 1. The smallest absolute Gasteiger partial charge is 0.274 e. The van der Waals surface area contributed by atoms with Crippen LogP contribution in [0.3, 0.4) is 0 Å². The van der Waals surface area contributed by atoms with Gasteiger partial charge in [-0.15, -0.1) is 0 Å². The van der Waals surface area contributed by atoms with Gasteiger partial charge < -0.3 is 4.90 Å². The van der Waals surface area contributed by atoms with Crippen LogP contribution in [0.4, 0.5) is 0 Å². The molecule has 3 nitrogen and oxygen atoms in total. The van der Waals surface area contributed by atoms with E-state index in [0.717, 1.165) is 12.8 Å². The van der Waals surface area contributed by atoms with Crippen LogP contribution in [-0.2, 0) is 0 Å². The van der Waals surface area contributed by atoms with E-state index in [2.05, 4.69) is 4.98 Å². The highest BCUT2D eigenvalue weighted by Crippen LogP contribution is 2.25. The quantitative estimate of drug-likeness (QED) is 0.774. The number of pyridine rings is 1. The van der Waals surface area contributed by atoms with Crippen molar-refractivity contribution in [3.8, 4) is 0 Å². The predicted octanol–water partition coefficient (Wildman–Crippen LogP) is 3.40. The van der Waals surface area contributed by atoms with Gasteiger partial charge in [-0.25, -0.2) is 4.98 Å². The lowest BCUT2D eigenvalue weighted by Gasteiger charge is -2.24. The molecule has 92 valence electrons. The van der Waals surface area contributed by atoms with Crippen LogP contribution in [0.1, 0.15) is 36.2 Å². The minimum atomic E-state index is -0.149. The van der Waals surface area contributed by atoms with Gasteiger partial charge in [0.15, 0.2) is 0 Å². The minimum Gasteiger partial charge on any atom is -0.337 e. The predicted molar refractivity (Wildman–Crippen MR) is 68.6 cm³/mol. The molecule has 2 rings (SSSR count). The molecule has 1 aromatic rings. The summed E-state index contributed by atoms with van der Waals surface area (Å²) in [4.78, 5) is 18.0. The first kappa shape index (κ1) is 12.7. The molecule has 0 N–H and O–H groups in total. The third-order valence-corrected chi connectivity index (χ3v) is 3.72. The second kappa shape index (κ2) is 5.23. The van der Waals surface area contributed by atoms with Crippen LogP contribution in [0, 0.1) is 0 Å². The molecular weight excluding hydrogens is 259 g/mol. The number of hydrogen-bond donors (Lipinski definition) is 0. The van der Waals surface area contributed by atoms with Gasteiger partial charge in [0.25, 0.3) is 5.91 Å². The maximum atomic E-state index is 12.2. The Morgan fingerprint density at radius 1 is 1.35 bits per heavy atom. The zero-order valence-electron chi connectivity index (χ0n) is 9.62. The van der Waals surface area contributed by atoms with Gasteiger partial charge in [-0.3, -0.25) is 4.79 Å². The van der Waals surface area contributed by atoms with Crippen molar-refractivity contribution in [1.29, 1.82) is 0 Å². The van der Waals surface area contributed by atoms with Crippen molar-refractivity contribution in [3.63, 3.8) is 0 Å². The lowest BCUT2D eigenvalue weighted by atomic mass is 10.2. The Bertz CT molecular complexity index is 431. The van der Waals surface area contributed by atoms with E-state index in [1.165, 1.54) is 12.8 Å². The maximum absolute atomic E-state index is 12.2. The van der Waals surface area contributed by atoms with Gasteiger partial charge in [-0.2, -0.15) is 0 Å². The van der Waals surface area contributed by atoms with Gasteiger partial charge in [-0.1, -0.05) is 36.0 Å². The molecule has 1 aliphatic carbocycles. The van der Waals surface area contributed by atoms with Crippen molar-refractivity contribution in [3.05, 3.63) is 28.0 Å². The first-order chi connectivity index (χ1) is 8.09. The zero-order chi connectivity index (χ0) is 12.4. The van der Waals surface area contributed by atoms with Crippen LogP contribution in [0.15, 0.2) is 12.1 Å². The van der Waals surface area contributed by atoms with Crippen molar-refractivity contribution in [2.24, 2.45) is 0 Å². The molecule has 0 aliphatic heterocycles. The second-order valence-corrected chi connectivity index (χ2v) is 5.11. The lowest BCUT2D eigenvalue weighted by Crippen LogP contribution is -2.35. The third-order valence-electron chi connectivity index (χ3n) is 3.21. The van der Waals surface area contributed by atoms with E-state index in [1.54, 1.807) is 24.1 Å². The van der Waals surface area contributed by atoms with E-state index in [-0.39, 0.29) is 16.8 Å². The Morgan fingerprint density at radius 2 is 2.00 bits per heavy atom. The summed E-state index contributed by atoms with van der Waals surface area (Å²) in [6.07, 6.45) is 4.47. The first-order valence-corrected chi connectivity index (χ1v) is 6.44. The molecule has 5 heteroatoms. The summed E-state index contributed by atoms with van der Waals surface area (Å²) in [5.41, 5.74) is 0.244. The molecule has 0 atom stereocenters. The minimum absolute atomic E-state index is 0.149. The molecule has 1 heterocycles. The number of amides is 1. The van der Waals surface area contributed by atoms with Crippen molar-refractivity contribution in [2.75, 3.05) is 7.05 Å². The van der Waals surface area contributed by atoms with Gasteiger partial charge >= 0.3 is 0 Å². The van der Waals surface area contributed by atoms with Crippen molar-refractivity contribution in [2.45, 2.75) is 31.7 Å². The molecule has 0 bridgehead atoms. The first-order valence-electron chi connectivity index (χ1n) is 5.69. The van der Waals surface area contributed by atoms with Crippen LogP contribution in [0.2, 0.25) is 10.2 Å². The SMILES string of the molecule is CN(C(=O)c1nc(Cl)ccc1Cl)C1CCCC1. The number of carbonyl (C=O) groups excluding carboxylic acids is 1. The molecule has 0 radical (unpaired) electrons. The maximum Gasteiger partial charge on any atom is 0.274 e. The Kier molecular flexibility index (Phi) is 3.89. The molecule has 1 amide bonds. The highest BCUT2D eigenvalue weighted by Gasteiger charge is 2.26. The molecule has 0 spiro atoms. The summed E-state index contributed by atoms with van der Waals surface area (Å²) in [7, 11) is 1.80. The number of rotatable bonds is 2. The van der Waals surface area contributed by atoms with E-state index in [1.807, 2.05) is 0 Å². The van der Waals surface area contributed by atoms with Gasteiger partial charge in [-0.05, 0) is 25.0 Å². The molecule has 1 aromatic heterocycles. The monoisotopic (exact) mass is 272 g/mol. The Morgan fingerprint density at radius 3 is 2.65 bits per heavy atom. The summed E-state index contributed by atoms with van der Waals surface area (Å²) >= 11 is 11.8. The molecule has 1 fully saturated rings. The van der Waals surface area contributed by atoms with E-state index in [4.69, 9.17) is 23.2 Å². The van der Waals surface area contributed by atoms with Crippen LogP contribution >= 0.6 is 23.2 Å². The van der Waals surface area contributed by atoms with Crippen LogP contribution in [-0.4, -0.2) is 28.9 Å². The van der Waals surface area contributed by atoms with E-state index >= 15 is 0 Å². The Labute approximate surface area is 111 Å². The molecule has 0 saturated heterocycles. The number of hydrogen-bond acceptors (Lipinski definition) is 2. The molecule has 0 unspecified atom stereocenters. The van der Waals surface area contributed by atoms with Gasteiger partial charge in [0.05, 0.1) is 5.02 Å². The van der Waals surface area contributed by atoms with E-state index < -0.39 is 0 Å². The molecule has 1 aliphatic rings. The van der Waals surface area contributed by atoms with Gasteiger partial charge in [0.1, 0.15) is 10.8 Å². The summed E-state index contributed by atoms with van der Waals surface area (Å²) in [6.45, 7) is 0. The Hall–Kier alpha value is -0.800. The van der Waals surface area contributed by atoms with E-state index in [0.29, 0.717) is 11.1 Å². The summed E-state index contributed by atoms with van der Waals surface area (Å²) < 4.78 is 0. The summed E-state index contributed by atoms with van der Waals surface area (Å²) in [5, 5.41) is 0.641. The van der Waals surface area contributed by atoms with Crippen molar-refractivity contribution in [1.82, 2.24) is 9.88 Å². The standard InChI is InChI=1S/C12H14Cl2N2O/c1-16(8-4-2-3-5-8)12(17)11-9(13)6-7-10(14)15-11/h6-8H,2-5H2,1H3. The normalized spacial score (nSPS) is 16.2. The number of nitrogens with zero attached hydrogens (tertiary/aromatic N) is 2. The highest BCUT2D eigenvalue weighted by atomic mass is 35.5. The fourth-order valence-electron chi connectivity index (χ4n) is 2.19. The fraction of sp³-hybridized carbons (Fsp3) is 0.500.